The zero-order valence-corrected chi connectivity index (χ0v) is 12.0. The molecular formula is C14H14BrN3O. The first-order valence-corrected chi connectivity index (χ1v) is 7.07. The minimum atomic E-state index is -0.0433. The van der Waals surface area contributed by atoms with Gasteiger partial charge in [0.2, 0.25) is 0 Å². The van der Waals surface area contributed by atoms with Crippen molar-refractivity contribution < 1.29 is 0 Å². The summed E-state index contributed by atoms with van der Waals surface area (Å²) in [6.07, 6.45) is 0.881. The van der Waals surface area contributed by atoms with Crippen LogP contribution in [0.1, 0.15) is 16.8 Å². The molecule has 0 radical (unpaired) electrons. The number of aromatic nitrogens is 2. The summed E-state index contributed by atoms with van der Waals surface area (Å²) in [5.74, 6) is 0. The number of fused-ring (bicyclic) bond motifs is 1. The molecule has 0 spiro atoms. The molecule has 2 aromatic rings. The van der Waals surface area contributed by atoms with Crippen LogP contribution in [-0.2, 0) is 19.5 Å². The zero-order chi connectivity index (χ0) is 13.2. The molecule has 0 bridgehead atoms. The molecule has 0 fully saturated rings. The van der Waals surface area contributed by atoms with E-state index in [1.54, 1.807) is 10.7 Å². The molecule has 3 rings (SSSR count). The fourth-order valence-corrected chi connectivity index (χ4v) is 2.67. The van der Waals surface area contributed by atoms with E-state index >= 15 is 0 Å². The van der Waals surface area contributed by atoms with E-state index in [9.17, 15) is 4.79 Å². The molecule has 0 unspecified atom stereocenters. The van der Waals surface area contributed by atoms with Gasteiger partial charge in [0.25, 0.3) is 5.56 Å². The lowest BCUT2D eigenvalue weighted by Crippen LogP contribution is -2.31. The summed E-state index contributed by atoms with van der Waals surface area (Å²) >= 11 is 3.50. The van der Waals surface area contributed by atoms with E-state index < -0.39 is 0 Å². The molecule has 5 heteroatoms. The van der Waals surface area contributed by atoms with Gasteiger partial charge in [-0.3, -0.25) is 4.79 Å². The Morgan fingerprint density at radius 3 is 3.05 bits per heavy atom. The Morgan fingerprint density at radius 2 is 2.21 bits per heavy atom. The number of rotatable bonds is 2. The molecule has 4 nitrogen and oxygen atoms in total. The summed E-state index contributed by atoms with van der Waals surface area (Å²) in [7, 11) is 0. The first-order chi connectivity index (χ1) is 9.24. The second-order valence-corrected chi connectivity index (χ2v) is 5.48. The number of halogens is 1. The fourth-order valence-electron chi connectivity index (χ4n) is 2.26. The van der Waals surface area contributed by atoms with Gasteiger partial charge in [0, 0.05) is 30.0 Å². The van der Waals surface area contributed by atoms with Crippen molar-refractivity contribution in [3.63, 3.8) is 0 Å². The molecule has 1 aromatic heterocycles. The molecule has 1 aromatic carbocycles. The highest BCUT2D eigenvalue weighted by molar-refractivity contribution is 9.10. The smallest absolute Gasteiger partial charge is 0.267 e. The lowest BCUT2D eigenvalue weighted by Gasteiger charge is -2.17. The Kier molecular flexibility index (Phi) is 3.48. The van der Waals surface area contributed by atoms with E-state index in [1.165, 1.54) is 0 Å². The minimum absolute atomic E-state index is 0.0433. The Hall–Kier alpha value is -1.46. The van der Waals surface area contributed by atoms with Gasteiger partial charge in [-0.1, -0.05) is 34.1 Å². The Morgan fingerprint density at radius 1 is 1.37 bits per heavy atom. The average Bonchev–Trinajstić information content (AvgIpc) is 2.42. The van der Waals surface area contributed by atoms with E-state index in [0.717, 1.165) is 40.8 Å². The van der Waals surface area contributed by atoms with Crippen LogP contribution in [-0.4, -0.2) is 16.3 Å². The van der Waals surface area contributed by atoms with Crippen molar-refractivity contribution in [2.75, 3.05) is 6.54 Å². The topological polar surface area (TPSA) is 46.9 Å². The fraction of sp³-hybridized carbons (Fsp3) is 0.286. The van der Waals surface area contributed by atoms with Gasteiger partial charge in [0.05, 0.1) is 12.2 Å². The minimum Gasteiger partial charge on any atom is -0.312 e. The summed E-state index contributed by atoms with van der Waals surface area (Å²) in [6.45, 7) is 2.17. The molecule has 98 valence electrons. The molecule has 0 saturated heterocycles. The number of hydrogen-bond donors (Lipinski definition) is 1. The van der Waals surface area contributed by atoms with E-state index in [0.29, 0.717) is 6.54 Å². The molecule has 0 saturated carbocycles. The normalized spacial score (nSPS) is 14.2. The predicted octanol–water partition coefficient (Wildman–Crippen LogP) is 1.70. The molecular weight excluding hydrogens is 306 g/mol. The van der Waals surface area contributed by atoms with Crippen molar-refractivity contribution >= 4 is 15.9 Å². The summed E-state index contributed by atoms with van der Waals surface area (Å²) in [4.78, 5) is 12.1. The van der Waals surface area contributed by atoms with Gasteiger partial charge in [-0.05, 0) is 17.2 Å². The van der Waals surface area contributed by atoms with Crippen molar-refractivity contribution in [1.82, 2.24) is 15.1 Å². The van der Waals surface area contributed by atoms with Gasteiger partial charge in [0.1, 0.15) is 0 Å². The standard InChI is InChI=1S/C14H14BrN3O/c15-12-4-2-1-3-10(12)9-18-14(19)7-11-8-16-6-5-13(11)17-18/h1-4,7,16H,5-6,8-9H2. The van der Waals surface area contributed by atoms with Crippen LogP contribution in [0.5, 0.6) is 0 Å². The van der Waals surface area contributed by atoms with Crippen LogP contribution in [0.25, 0.3) is 0 Å². The number of hydrogen-bond acceptors (Lipinski definition) is 3. The SMILES string of the molecule is O=c1cc2c(nn1Cc1ccccc1Br)CCNC2. The van der Waals surface area contributed by atoms with Crippen LogP contribution in [0.2, 0.25) is 0 Å². The van der Waals surface area contributed by atoms with Gasteiger partial charge in [-0.15, -0.1) is 0 Å². The molecule has 1 aliphatic rings. The third-order valence-electron chi connectivity index (χ3n) is 3.30. The third-order valence-corrected chi connectivity index (χ3v) is 4.07. The monoisotopic (exact) mass is 319 g/mol. The lowest BCUT2D eigenvalue weighted by molar-refractivity contribution is 0.562. The van der Waals surface area contributed by atoms with Crippen molar-refractivity contribution in [3.8, 4) is 0 Å². The predicted molar refractivity (Wildman–Crippen MR) is 77.2 cm³/mol. The first kappa shape index (κ1) is 12.6. The second kappa shape index (κ2) is 5.27. The highest BCUT2D eigenvalue weighted by atomic mass is 79.9. The maximum absolute atomic E-state index is 12.1. The van der Waals surface area contributed by atoms with Crippen LogP contribution in [0.4, 0.5) is 0 Å². The van der Waals surface area contributed by atoms with Crippen LogP contribution >= 0.6 is 15.9 Å². The largest absolute Gasteiger partial charge is 0.312 e. The Bertz CT molecular complexity index is 666. The maximum Gasteiger partial charge on any atom is 0.267 e. The number of nitrogens with zero attached hydrogens (tertiary/aromatic N) is 2. The first-order valence-electron chi connectivity index (χ1n) is 6.28. The highest BCUT2D eigenvalue weighted by Gasteiger charge is 2.13. The average molecular weight is 320 g/mol. The maximum atomic E-state index is 12.1. The Balaban J connectivity index is 1.97. The highest BCUT2D eigenvalue weighted by Crippen LogP contribution is 2.16. The molecule has 1 N–H and O–H groups in total. The van der Waals surface area contributed by atoms with Gasteiger partial charge in [-0.25, -0.2) is 4.68 Å². The van der Waals surface area contributed by atoms with Gasteiger partial charge >= 0.3 is 0 Å². The summed E-state index contributed by atoms with van der Waals surface area (Å²) in [5.41, 5.74) is 3.08. The summed E-state index contributed by atoms with van der Waals surface area (Å²) < 4.78 is 2.55. The van der Waals surface area contributed by atoms with Crippen LogP contribution in [0, 0.1) is 0 Å². The second-order valence-electron chi connectivity index (χ2n) is 4.63. The van der Waals surface area contributed by atoms with E-state index in [4.69, 9.17) is 0 Å². The van der Waals surface area contributed by atoms with E-state index in [2.05, 4.69) is 26.3 Å². The van der Waals surface area contributed by atoms with Crippen molar-refractivity contribution in [2.45, 2.75) is 19.5 Å². The molecule has 1 aliphatic heterocycles. The third kappa shape index (κ3) is 2.62. The van der Waals surface area contributed by atoms with Crippen LogP contribution in [0.3, 0.4) is 0 Å². The van der Waals surface area contributed by atoms with Crippen LogP contribution in [0.15, 0.2) is 39.6 Å². The summed E-state index contributed by atoms with van der Waals surface area (Å²) in [6, 6.07) is 9.60. The number of benzene rings is 1. The molecule has 0 atom stereocenters. The zero-order valence-electron chi connectivity index (χ0n) is 10.4. The summed E-state index contributed by atoms with van der Waals surface area (Å²) in [5, 5.41) is 7.74. The molecule has 0 amide bonds. The Labute approximate surface area is 119 Å². The van der Waals surface area contributed by atoms with Gasteiger partial charge < -0.3 is 5.32 Å². The number of nitrogens with one attached hydrogen (secondary N) is 1. The molecule has 19 heavy (non-hydrogen) atoms. The molecule has 2 heterocycles. The molecule has 0 aliphatic carbocycles. The quantitative estimate of drug-likeness (QED) is 0.916. The van der Waals surface area contributed by atoms with E-state index in [-0.39, 0.29) is 5.56 Å². The van der Waals surface area contributed by atoms with Crippen molar-refractivity contribution in [1.29, 1.82) is 0 Å². The van der Waals surface area contributed by atoms with Crippen molar-refractivity contribution in [3.05, 3.63) is 62.0 Å². The van der Waals surface area contributed by atoms with Gasteiger partial charge in [0.15, 0.2) is 0 Å². The van der Waals surface area contributed by atoms with Crippen LogP contribution < -0.4 is 10.9 Å². The van der Waals surface area contributed by atoms with Gasteiger partial charge in [-0.2, -0.15) is 5.10 Å². The lowest BCUT2D eigenvalue weighted by atomic mass is 10.1. The van der Waals surface area contributed by atoms with Crippen molar-refractivity contribution in [2.24, 2.45) is 0 Å². The van der Waals surface area contributed by atoms with E-state index in [1.807, 2.05) is 24.3 Å².